The van der Waals surface area contributed by atoms with Crippen molar-refractivity contribution < 1.29 is 18.6 Å². The lowest BCUT2D eigenvalue weighted by molar-refractivity contribution is 0.00578. The van der Waals surface area contributed by atoms with Crippen molar-refractivity contribution in [3.05, 3.63) is 40.8 Å². The van der Waals surface area contributed by atoms with Gasteiger partial charge in [-0.3, -0.25) is 0 Å². The third-order valence-corrected chi connectivity index (χ3v) is 7.16. The van der Waals surface area contributed by atoms with Crippen LogP contribution in [0.5, 0.6) is 0 Å². The Labute approximate surface area is 184 Å². The first kappa shape index (κ1) is 23.6. The van der Waals surface area contributed by atoms with E-state index in [0.717, 1.165) is 10.9 Å². The van der Waals surface area contributed by atoms with Crippen LogP contribution in [0.15, 0.2) is 29.6 Å². The second kappa shape index (κ2) is 7.23. The van der Waals surface area contributed by atoms with Gasteiger partial charge >= 0.3 is 14.2 Å². The summed E-state index contributed by atoms with van der Waals surface area (Å²) in [6.07, 6.45) is 2.09. The number of hydrogen-bond acceptors (Lipinski definition) is 4. The van der Waals surface area contributed by atoms with Gasteiger partial charge < -0.3 is 18.6 Å². The van der Waals surface area contributed by atoms with E-state index in [4.69, 9.17) is 18.6 Å². The molecule has 0 unspecified atom stereocenters. The fourth-order valence-corrected chi connectivity index (χ4v) is 3.48. The smallest absolute Gasteiger partial charge is 0.400 e. The van der Waals surface area contributed by atoms with Crippen LogP contribution >= 0.6 is 0 Å². The largest absolute Gasteiger partial charge is 0.486 e. The van der Waals surface area contributed by atoms with Gasteiger partial charge in [0.15, 0.2) is 0 Å². The molecule has 0 bridgehead atoms. The minimum atomic E-state index is -0.535. The predicted octanol–water partition coefficient (Wildman–Crippen LogP) is 5.63. The Kier molecular flexibility index (Phi) is 5.69. The molecule has 2 aliphatic heterocycles. The van der Waals surface area contributed by atoms with E-state index in [9.17, 15) is 0 Å². The highest BCUT2D eigenvalue weighted by molar-refractivity contribution is 6.79. The Morgan fingerprint density at radius 1 is 0.667 bits per heavy atom. The second-order valence-corrected chi connectivity index (χ2v) is 11.7. The van der Waals surface area contributed by atoms with Crippen LogP contribution in [0.25, 0.3) is 6.08 Å². The Balaban J connectivity index is 2.00. The van der Waals surface area contributed by atoms with Gasteiger partial charge in [-0.15, -0.1) is 0 Å². The zero-order chi connectivity index (χ0) is 22.8. The van der Waals surface area contributed by atoms with Crippen molar-refractivity contribution in [2.24, 2.45) is 0 Å². The average molecular weight is 412 g/mol. The number of rotatable bonds is 3. The van der Waals surface area contributed by atoms with Crippen LogP contribution in [0.3, 0.4) is 0 Å². The first-order chi connectivity index (χ1) is 13.5. The molecule has 0 atom stereocenters. The van der Waals surface area contributed by atoms with E-state index in [1.54, 1.807) is 0 Å². The monoisotopic (exact) mass is 412 g/mol. The van der Waals surface area contributed by atoms with Crippen molar-refractivity contribution in [3.8, 4) is 0 Å². The van der Waals surface area contributed by atoms with E-state index in [0.29, 0.717) is 0 Å². The van der Waals surface area contributed by atoms with Gasteiger partial charge in [-0.05, 0) is 77.3 Å². The molecule has 0 saturated carbocycles. The molecule has 2 aliphatic rings. The van der Waals surface area contributed by atoms with Crippen molar-refractivity contribution in [1.29, 1.82) is 0 Å². The quantitative estimate of drug-likeness (QED) is 0.603. The maximum atomic E-state index is 6.37. The molecule has 6 heteroatoms. The fourth-order valence-electron chi connectivity index (χ4n) is 3.48. The standard InChI is InChI=1S/C24H38B2O4/c1-20(2,3)18-14-12-17(13-15-18)16-19(25-27-21(4,5)22(6,7)28-25)26-29-23(8,9)24(10,11)30-26/h12-16H,1-11H3. The topological polar surface area (TPSA) is 36.9 Å². The Bertz CT molecular complexity index is 747. The van der Waals surface area contributed by atoms with E-state index in [2.05, 4.69) is 107 Å². The molecule has 0 amide bonds. The summed E-state index contributed by atoms with van der Waals surface area (Å²) in [5, 5.41) is 0.857. The van der Waals surface area contributed by atoms with Gasteiger partial charge in [0, 0.05) is 0 Å². The van der Waals surface area contributed by atoms with Gasteiger partial charge in [-0.1, -0.05) is 51.1 Å². The highest BCUT2D eigenvalue weighted by Crippen LogP contribution is 2.43. The van der Waals surface area contributed by atoms with Gasteiger partial charge in [0.25, 0.3) is 0 Å². The van der Waals surface area contributed by atoms with E-state index >= 15 is 0 Å². The fraction of sp³-hybridized carbons (Fsp3) is 0.667. The summed E-state index contributed by atoms with van der Waals surface area (Å²) in [6, 6.07) is 8.63. The normalized spacial score (nSPS) is 24.2. The van der Waals surface area contributed by atoms with Gasteiger partial charge in [-0.2, -0.15) is 0 Å². The van der Waals surface area contributed by atoms with Crippen molar-refractivity contribution in [1.82, 2.24) is 0 Å². The third kappa shape index (κ3) is 4.29. The molecule has 0 aliphatic carbocycles. The van der Waals surface area contributed by atoms with Crippen molar-refractivity contribution >= 4 is 20.3 Å². The lowest BCUT2D eigenvalue weighted by atomic mass is 9.57. The predicted molar refractivity (Wildman–Crippen MR) is 125 cm³/mol. The molecule has 2 heterocycles. The maximum Gasteiger partial charge on any atom is 0.486 e. The van der Waals surface area contributed by atoms with Gasteiger partial charge in [0.05, 0.1) is 22.4 Å². The average Bonchev–Trinajstić information content (AvgIpc) is 2.91. The molecule has 2 fully saturated rings. The third-order valence-electron chi connectivity index (χ3n) is 7.16. The summed E-state index contributed by atoms with van der Waals surface area (Å²) in [5.74, 6) is 0. The molecule has 4 nitrogen and oxygen atoms in total. The van der Waals surface area contributed by atoms with Crippen LogP contribution in [-0.2, 0) is 24.0 Å². The summed E-state index contributed by atoms with van der Waals surface area (Å²) in [4.78, 5) is 0. The van der Waals surface area contributed by atoms with Crippen molar-refractivity contribution in [3.63, 3.8) is 0 Å². The van der Waals surface area contributed by atoms with E-state index in [-0.39, 0.29) is 5.41 Å². The first-order valence-electron chi connectivity index (χ1n) is 11.0. The first-order valence-corrected chi connectivity index (χ1v) is 11.0. The Morgan fingerprint density at radius 3 is 1.30 bits per heavy atom. The highest BCUT2D eigenvalue weighted by Gasteiger charge is 2.59. The van der Waals surface area contributed by atoms with Crippen LogP contribution in [0, 0.1) is 0 Å². The zero-order valence-corrected chi connectivity index (χ0v) is 20.7. The van der Waals surface area contributed by atoms with Crippen LogP contribution in [-0.4, -0.2) is 36.6 Å². The lowest BCUT2D eigenvalue weighted by Crippen LogP contribution is -2.41. The molecule has 30 heavy (non-hydrogen) atoms. The number of benzene rings is 1. The molecule has 0 spiro atoms. The Hall–Kier alpha value is -1.07. The summed E-state index contributed by atoms with van der Waals surface area (Å²) < 4.78 is 25.5. The van der Waals surface area contributed by atoms with Crippen LogP contribution < -0.4 is 0 Å². The van der Waals surface area contributed by atoms with E-state index in [1.165, 1.54) is 5.56 Å². The van der Waals surface area contributed by atoms with E-state index in [1.807, 2.05) is 0 Å². The lowest BCUT2D eigenvalue weighted by Gasteiger charge is -2.32. The molecule has 3 rings (SSSR count). The summed E-state index contributed by atoms with van der Waals surface area (Å²) in [7, 11) is -1.07. The molecule has 2 saturated heterocycles. The summed E-state index contributed by atoms with van der Waals surface area (Å²) >= 11 is 0. The molecule has 1 aromatic carbocycles. The minimum absolute atomic E-state index is 0.114. The molecule has 0 aromatic heterocycles. The van der Waals surface area contributed by atoms with Crippen LogP contribution in [0.2, 0.25) is 0 Å². The molecular weight excluding hydrogens is 374 g/mol. The molecule has 164 valence electrons. The van der Waals surface area contributed by atoms with Gasteiger partial charge in [0.1, 0.15) is 0 Å². The maximum absolute atomic E-state index is 6.37. The second-order valence-electron chi connectivity index (χ2n) is 11.7. The van der Waals surface area contributed by atoms with Crippen molar-refractivity contribution in [2.75, 3.05) is 0 Å². The van der Waals surface area contributed by atoms with Gasteiger partial charge in [0.2, 0.25) is 0 Å². The minimum Gasteiger partial charge on any atom is -0.400 e. The van der Waals surface area contributed by atoms with Gasteiger partial charge in [-0.25, -0.2) is 0 Å². The Morgan fingerprint density at radius 2 is 1.00 bits per heavy atom. The summed E-state index contributed by atoms with van der Waals surface area (Å²) in [5.41, 5.74) is 0.748. The highest BCUT2D eigenvalue weighted by atomic mass is 16.7. The molecular formula is C24H38B2O4. The summed E-state index contributed by atoms with van der Waals surface area (Å²) in [6.45, 7) is 23.2. The molecule has 0 N–H and O–H groups in total. The van der Waals surface area contributed by atoms with E-state index < -0.39 is 36.6 Å². The number of hydrogen-bond donors (Lipinski definition) is 0. The molecule has 1 aromatic rings. The SMILES string of the molecule is CC(C)(C)c1ccc(C=C(B2OC(C)(C)C(C)(C)O2)B2OC(C)(C)C(C)(C)O2)cc1. The zero-order valence-electron chi connectivity index (χ0n) is 20.7. The molecule has 0 radical (unpaired) electrons. The van der Waals surface area contributed by atoms with Crippen molar-refractivity contribution in [2.45, 2.75) is 104 Å². The van der Waals surface area contributed by atoms with Crippen LogP contribution in [0.1, 0.15) is 87.3 Å². The van der Waals surface area contributed by atoms with Crippen LogP contribution in [0.4, 0.5) is 0 Å².